The number of likely N-dealkylation sites (N-methyl/N-ethyl adjacent to an activating group) is 1. The zero-order valence-electron chi connectivity index (χ0n) is 14.1. The van der Waals surface area contributed by atoms with Crippen LogP contribution in [0.2, 0.25) is 0 Å². The van der Waals surface area contributed by atoms with Crippen LogP contribution in [0.4, 0.5) is 0 Å². The molecule has 24 heavy (non-hydrogen) atoms. The van der Waals surface area contributed by atoms with Gasteiger partial charge in [0, 0.05) is 25.4 Å². The van der Waals surface area contributed by atoms with Crippen LogP contribution in [0.1, 0.15) is 24.2 Å². The number of rotatable bonds is 6. The van der Waals surface area contributed by atoms with Crippen LogP contribution >= 0.6 is 0 Å². The Balaban J connectivity index is 1.74. The van der Waals surface area contributed by atoms with Gasteiger partial charge in [-0.05, 0) is 32.5 Å². The second-order valence-electron chi connectivity index (χ2n) is 5.96. The Hall–Kier alpha value is -2.54. The van der Waals surface area contributed by atoms with Gasteiger partial charge in [-0.2, -0.15) is 4.98 Å². The first-order valence-electron chi connectivity index (χ1n) is 8.02. The van der Waals surface area contributed by atoms with Crippen molar-refractivity contribution < 1.29 is 4.52 Å². The van der Waals surface area contributed by atoms with Crippen molar-refractivity contribution >= 4 is 10.9 Å². The van der Waals surface area contributed by atoms with Gasteiger partial charge in [-0.3, -0.25) is 9.36 Å². The van der Waals surface area contributed by atoms with Gasteiger partial charge < -0.3 is 9.84 Å². The first-order chi connectivity index (χ1) is 11.6. The molecule has 7 nitrogen and oxygen atoms in total. The summed E-state index contributed by atoms with van der Waals surface area (Å²) in [5.41, 5.74) is 1.70. The summed E-state index contributed by atoms with van der Waals surface area (Å²) >= 11 is 0. The normalized spacial score (nSPS) is 12.6. The molecule has 0 aliphatic rings. The average Bonchev–Trinajstić information content (AvgIpc) is 3.02. The van der Waals surface area contributed by atoms with Crippen molar-refractivity contribution in [3.8, 4) is 0 Å². The van der Waals surface area contributed by atoms with Crippen molar-refractivity contribution in [2.45, 2.75) is 39.3 Å². The van der Waals surface area contributed by atoms with Crippen LogP contribution in [-0.4, -0.2) is 32.8 Å². The van der Waals surface area contributed by atoms with E-state index < -0.39 is 0 Å². The zero-order chi connectivity index (χ0) is 17.1. The van der Waals surface area contributed by atoms with Gasteiger partial charge in [-0.15, -0.1) is 0 Å². The smallest absolute Gasteiger partial charge is 0.261 e. The van der Waals surface area contributed by atoms with E-state index in [2.05, 4.69) is 27.4 Å². The predicted octanol–water partition coefficient (Wildman–Crippen LogP) is 1.48. The van der Waals surface area contributed by atoms with Crippen molar-refractivity contribution in [3.63, 3.8) is 0 Å². The van der Waals surface area contributed by atoms with Crippen LogP contribution < -0.4 is 10.9 Å². The van der Waals surface area contributed by atoms with E-state index in [1.807, 2.05) is 26.1 Å². The highest BCUT2D eigenvalue weighted by Crippen LogP contribution is 2.11. The maximum absolute atomic E-state index is 12.5. The number of benzene rings is 1. The molecular formula is C17H21N5O2. The molecule has 2 heterocycles. The van der Waals surface area contributed by atoms with E-state index in [1.165, 1.54) is 0 Å². The quantitative estimate of drug-likeness (QED) is 0.738. The molecule has 1 atom stereocenters. The Morgan fingerprint density at radius 1 is 1.38 bits per heavy atom. The van der Waals surface area contributed by atoms with Crippen LogP contribution in [-0.2, 0) is 19.4 Å². The summed E-state index contributed by atoms with van der Waals surface area (Å²) in [7, 11) is 1.90. The molecule has 3 aromatic rings. The lowest BCUT2D eigenvalue weighted by atomic mass is 10.1. The van der Waals surface area contributed by atoms with Gasteiger partial charge >= 0.3 is 0 Å². The largest absolute Gasteiger partial charge is 0.339 e. The van der Waals surface area contributed by atoms with E-state index in [9.17, 15) is 4.79 Å². The summed E-state index contributed by atoms with van der Waals surface area (Å²) in [5.74, 6) is 1.20. The van der Waals surface area contributed by atoms with E-state index in [0.717, 1.165) is 11.1 Å². The Kier molecular flexibility index (Phi) is 4.71. The third-order valence-electron chi connectivity index (χ3n) is 4.11. The molecule has 126 valence electrons. The highest BCUT2D eigenvalue weighted by molar-refractivity contribution is 5.80. The standard InChI is InChI=1S/C17H21N5O2/c1-11-5-4-6-13-16(11)19-10-22(17(13)23)8-7-15-20-14(21-24-15)9-12(2)18-3/h4-6,10,12,18H,7-9H2,1-3H3. The molecule has 1 N–H and O–H groups in total. The van der Waals surface area contributed by atoms with Crippen LogP contribution in [0, 0.1) is 6.92 Å². The van der Waals surface area contributed by atoms with Crippen molar-refractivity contribution in [1.82, 2.24) is 25.0 Å². The van der Waals surface area contributed by atoms with Gasteiger partial charge in [0.05, 0.1) is 17.2 Å². The Morgan fingerprint density at radius 2 is 2.21 bits per heavy atom. The molecule has 0 fully saturated rings. The molecule has 1 unspecified atom stereocenters. The van der Waals surface area contributed by atoms with Crippen molar-refractivity contribution in [2.75, 3.05) is 7.05 Å². The number of hydrogen-bond donors (Lipinski definition) is 1. The highest BCUT2D eigenvalue weighted by Gasteiger charge is 2.11. The maximum Gasteiger partial charge on any atom is 0.261 e. The summed E-state index contributed by atoms with van der Waals surface area (Å²) in [6.07, 6.45) is 2.79. The fraction of sp³-hybridized carbons (Fsp3) is 0.412. The molecule has 0 bridgehead atoms. The molecule has 0 saturated carbocycles. The van der Waals surface area contributed by atoms with Crippen LogP contribution in [0.25, 0.3) is 10.9 Å². The van der Waals surface area contributed by atoms with E-state index in [0.29, 0.717) is 36.5 Å². The minimum atomic E-state index is -0.0488. The van der Waals surface area contributed by atoms with Crippen molar-refractivity contribution in [2.24, 2.45) is 0 Å². The lowest BCUT2D eigenvalue weighted by Gasteiger charge is -2.06. The number of aromatic nitrogens is 4. The zero-order valence-corrected chi connectivity index (χ0v) is 14.1. The maximum atomic E-state index is 12.5. The summed E-state index contributed by atoms with van der Waals surface area (Å²) in [4.78, 5) is 21.3. The van der Waals surface area contributed by atoms with E-state index in [1.54, 1.807) is 17.0 Å². The molecule has 0 spiro atoms. The first kappa shape index (κ1) is 16.3. The molecule has 3 rings (SSSR count). The third-order valence-corrected chi connectivity index (χ3v) is 4.11. The molecule has 0 aliphatic heterocycles. The Morgan fingerprint density at radius 3 is 3.00 bits per heavy atom. The summed E-state index contributed by atoms with van der Waals surface area (Å²) in [5, 5.41) is 7.74. The molecule has 2 aromatic heterocycles. The molecule has 0 aliphatic carbocycles. The monoisotopic (exact) mass is 327 g/mol. The summed E-state index contributed by atoms with van der Waals surface area (Å²) in [6, 6.07) is 5.91. The van der Waals surface area contributed by atoms with Gasteiger partial charge in [0.2, 0.25) is 5.89 Å². The van der Waals surface area contributed by atoms with Gasteiger partial charge in [0.25, 0.3) is 5.56 Å². The molecule has 0 saturated heterocycles. The topological polar surface area (TPSA) is 85.8 Å². The minimum absolute atomic E-state index is 0.0488. The number of aryl methyl sites for hydroxylation is 3. The van der Waals surface area contributed by atoms with Gasteiger partial charge in [0.1, 0.15) is 0 Å². The van der Waals surface area contributed by atoms with Gasteiger partial charge in [-0.25, -0.2) is 4.98 Å². The number of nitrogens with one attached hydrogen (secondary N) is 1. The van der Waals surface area contributed by atoms with E-state index in [-0.39, 0.29) is 11.6 Å². The predicted molar refractivity (Wildman–Crippen MR) is 91.0 cm³/mol. The summed E-state index contributed by atoms with van der Waals surface area (Å²) in [6.45, 7) is 4.46. The highest BCUT2D eigenvalue weighted by atomic mass is 16.5. The second-order valence-corrected chi connectivity index (χ2v) is 5.96. The van der Waals surface area contributed by atoms with Crippen LogP contribution in [0.3, 0.4) is 0 Å². The molecule has 0 amide bonds. The van der Waals surface area contributed by atoms with E-state index >= 15 is 0 Å². The minimum Gasteiger partial charge on any atom is -0.339 e. The number of nitrogens with zero attached hydrogens (tertiary/aromatic N) is 4. The van der Waals surface area contributed by atoms with Gasteiger partial charge in [-0.1, -0.05) is 17.3 Å². The van der Waals surface area contributed by atoms with Crippen molar-refractivity contribution in [1.29, 1.82) is 0 Å². The number of para-hydroxylation sites is 1. The Bertz CT molecular complexity index is 899. The second kappa shape index (κ2) is 6.92. The number of fused-ring (bicyclic) bond motifs is 1. The van der Waals surface area contributed by atoms with Crippen LogP contribution in [0.15, 0.2) is 33.8 Å². The fourth-order valence-electron chi connectivity index (χ4n) is 2.56. The van der Waals surface area contributed by atoms with Crippen molar-refractivity contribution in [3.05, 3.63) is 52.2 Å². The van der Waals surface area contributed by atoms with Crippen LogP contribution in [0.5, 0.6) is 0 Å². The SMILES string of the molecule is CNC(C)Cc1noc(CCn2cnc3c(C)cccc3c2=O)n1. The number of hydrogen-bond acceptors (Lipinski definition) is 6. The summed E-state index contributed by atoms with van der Waals surface area (Å²) < 4.78 is 6.84. The lowest BCUT2D eigenvalue weighted by Crippen LogP contribution is -2.24. The molecule has 7 heteroatoms. The fourth-order valence-corrected chi connectivity index (χ4v) is 2.56. The molecule has 1 aromatic carbocycles. The molecule has 0 radical (unpaired) electrons. The first-order valence-corrected chi connectivity index (χ1v) is 8.02. The molecular weight excluding hydrogens is 306 g/mol. The van der Waals surface area contributed by atoms with Gasteiger partial charge in [0.15, 0.2) is 5.82 Å². The van der Waals surface area contributed by atoms with E-state index in [4.69, 9.17) is 4.52 Å². The average molecular weight is 327 g/mol. The lowest BCUT2D eigenvalue weighted by molar-refractivity contribution is 0.364. The third kappa shape index (κ3) is 3.35. The Labute approximate surface area is 139 Å².